The molecule has 1 fully saturated rings. The van der Waals surface area contributed by atoms with Crippen molar-refractivity contribution in [3.05, 3.63) is 65.2 Å². The first-order valence-corrected chi connectivity index (χ1v) is 12.6. The van der Waals surface area contributed by atoms with Gasteiger partial charge in [0.25, 0.3) is 11.8 Å². The molecule has 0 spiro atoms. The van der Waals surface area contributed by atoms with E-state index in [0.717, 1.165) is 25.0 Å². The van der Waals surface area contributed by atoms with E-state index in [9.17, 15) is 36.0 Å². The number of sulfonamides is 1. The second-order valence-electron chi connectivity index (χ2n) is 8.37. The lowest BCUT2D eigenvalue weighted by Gasteiger charge is -2.33. The lowest BCUT2D eigenvalue weighted by Crippen LogP contribution is -2.54. The molecule has 9 nitrogen and oxygen atoms in total. The topological polar surface area (TPSA) is 147 Å². The number of nitrogens with one attached hydrogen (secondary N) is 3. The van der Waals surface area contributed by atoms with Gasteiger partial charge in [0.2, 0.25) is 15.9 Å². The molecular weight excluding hydrogens is 501 g/mol. The molecule has 1 aliphatic rings. The highest BCUT2D eigenvalue weighted by Gasteiger charge is 2.31. The average Bonchev–Trinajstić information content (AvgIpc) is 2.83. The lowest BCUT2D eigenvalue weighted by atomic mass is 9.90. The van der Waals surface area contributed by atoms with Gasteiger partial charge in [0, 0.05) is 23.2 Å². The van der Waals surface area contributed by atoms with E-state index in [1.54, 1.807) is 0 Å². The normalized spacial score (nSPS) is 18.2. The first-order chi connectivity index (χ1) is 16.8. The first kappa shape index (κ1) is 27.1. The van der Waals surface area contributed by atoms with E-state index in [1.807, 2.05) is 0 Å². The van der Waals surface area contributed by atoms with Crippen LogP contribution in [0.5, 0.6) is 0 Å². The number of carbonyl (C=O) groups excluding carboxylic acids is 3. The van der Waals surface area contributed by atoms with Crippen molar-refractivity contribution in [3.63, 3.8) is 0 Å². The quantitative estimate of drug-likeness (QED) is 0.435. The fraction of sp³-hybridized carbons (Fsp3) is 0.348. The minimum Gasteiger partial charge on any atom is -0.350 e. The summed E-state index contributed by atoms with van der Waals surface area (Å²) in [4.78, 5) is 37.1. The van der Waals surface area contributed by atoms with Crippen LogP contribution in [-0.2, 0) is 21.0 Å². The summed E-state index contributed by atoms with van der Waals surface area (Å²) in [6.45, 7) is -0.457. The molecule has 1 aliphatic carbocycles. The summed E-state index contributed by atoms with van der Waals surface area (Å²) in [5.74, 6) is -1.84. The van der Waals surface area contributed by atoms with Crippen LogP contribution in [0.3, 0.4) is 0 Å². The van der Waals surface area contributed by atoms with E-state index >= 15 is 0 Å². The third kappa shape index (κ3) is 7.28. The SMILES string of the molecule is NS(=O)(=O)c1ccc(C(=O)N[C@@H]2CCCC[C@@H]2NC(=O)CNC(=O)c2cccc(C(F)(F)F)c2)cc1. The van der Waals surface area contributed by atoms with Crippen LogP contribution in [0.2, 0.25) is 0 Å². The fourth-order valence-electron chi connectivity index (χ4n) is 3.88. The maximum absolute atomic E-state index is 12.9. The number of hydrogen-bond donors (Lipinski definition) is 4. The summed E-state index contributed by atoms with van der Waals surface area (Å²) < 4.78 is 61.3. The van der Waals surface area contributed by atoms with E-state index in [0.29, 0.717) is 18.9 Å². The Morgan fingerprint density at radius 2 is 1.50 bits per heavy atom. The van der Waals surface area contributed by atoms with Gasteiger partial charge in [0.05, 0.1) is 17.0 Å². The molecule has 13 heteroatoms. The Bertz CT molecular complexity index is 1230. The van der Waals surface area contributed by atoms with E-state index < -0.39 is 58.1 Å². The Balaban J connectivity index is 1.56. The molecule has 3 rings (SSSR count). The van der Waals surface area contributed by atoms with Gasteiger partial charge >= 0.3 is 6.18 Å². The molecule has 0 unspecified atom stereocenters. The zero-order chi connectivity index (χ0) is 26.5. The van der Waals surface area contributed by atoms with Crippen molar-refractivity contribution < 1.29 is 36.0 Å². The number of amides is 3. The van der Waals surface area contributed by atoms with E-state index in [-0.39, 0.29) is 16.0 Å². The Morgan fingerprint density at radius 1 is 0.889 bits per heavy atom. The molecule has 2 atom stereocenters. The van der Waals surface area contributed by atoms with Crippen LogP contribution < -0.4 is 21.1 Å². The highest BCUT2D eigenvalue weighted by molar-refractivity contribution is 7.89. The molecule has 0 bridgehead atoms. The number of primary sulfonamides is 1. The van der Waals surface area contributed by atoms with Crippen molar-refractivity contribution in [2.24, 2.45) is 5.14 Å². The molecule has 0 saturated heterocycles. The van der Waals surface area contributed by atoms with Crippen LogP contribution >= 0.6 is 0 Å². The molecular formula is C23H25F3N4O5S. The van der Waals surface area contributed by atoms with Crippen molar-refractivity contribution >= 4 is 27.7 Å². The Morgan fingerprint density at radius 3 is 2.08 bits per heavy atom. The summed E-state index contributed by atoms with van der Waals surface area (Å²) in [6.07, 6.45) is -1.83. The van der Waals surface area contributed by atoms with E-state index in [4.69, 9.17) is 5.14 Å². The van der Waals surface area contributed by atoms with Gasteiger partial charge in [-0.3, -0.25) is 14.4 Å². The van der Waals surface area contributed by atoms with E-state index in [1.165, 1.54) is 30.3 Å². The third-order valence-corrected chi connectivity index (χ3v) is 6.66. The van der Waals surface area contributed by atoms with Crippen molar-refractivity contribution in [1.29, 1.82) is 0 Å². The van der Waals surface area contributed by atoms with E-state index in [2.05, 4.69) is 16.0 Å². The monoisotopic (exact) mass is 526 g/mol. The Kier molecular flexibility index (Phi) is 8.35. The van der Waals surface area contributed by atoms with Gasteiger partial charge in [-0.15, -0.1) is 0 Å². The minimum absolute atomic E-state index is 0.131. The number of rotatable bonds is 7. The molecule has 194 valence electrons. The van der Waals surface area contributed by atoms with Gasteiger partial charge < -0.3 is 16.0 Å². The van der Waals surface area contributed by atoms with Crippen LogP contribution in [0.4, 0.5) is 13.2 Å². The number of nitrogens with two attached hydrogens (primary N) is 1. The van der Waals surface area contributed by atoms with Crippen molar-refractivity contribution in [1.82, 2.24) is 16.0 Å². The highest BCUT2D eigenvalue weighted by atomic mass is 32.2. The van der Waals surface area contributed by atoms with Gasteiger partial charge in [0.15, 0.2) is 0 Å². The Labute approximate surface area is 205 Å². The maximum atomic E-state index is 12.9. The molecule has 0 radical (unpaired) electrons. The zero-order valence-electron chi connectivity index (χ0n) is 19.0. The molecule has 3 amide bonds. The number of carbonyl (C=O) groups is 3. The van der Waals surface area contributed by atoms with Crippen LogP contribution in [0, 0.1) is 0 Å². The summed E-state index contributed by atoms with van der Waals surface area (Å²) in [6, 6.07) is 8.13. The first-order valence-electron chi connectivity index (χ1n) is 11.0. The number of alkyl halides is 3. The molecule has 5 N–H and O–H groups in total. The second-order valence-corrected chi connectivity index (χ2v) is 9.93. The van der Waals surface area contributed by atoms with Gasteiger partial charge in [-0.25, -0.2) is 13.6 Å². The molecule has 0 aromatic heterocycles. The van der Waals surface area contributed by atoms with Crippen LogP contribution in [0.1, 0.15) is 52.0 Å². The third-order valence-electron chi connectivity index (χ3n) is 5.74. The highest BCUT2D eigenvalue weighted by Crippen LogP contribution is 2.29. The molecule has 2 aromatic rings. The lowest BCUT2D eigenvalue weighted by molar-refractivity contribution is -0.137. The summed E-state index contributed by atoms with van der Waals surface area (Å²) in [5, 5.41) is 12.9. The standard InChI is InChI=1S/C23H25F3N4O5S/c24-23(25,26)16-5-3-4-15(12-16)21(32)28-13-20(31)29-18-6-1-2-7-19(18)30-22(33)14-8-10-17(11-9-14)36(27,34)35/h3-5,8-12,18-19H,1-2,6-7,13H2,(H,28,32)(H,29,31)(H,30,33)(H2,27,34,35)/t18-,19+/m0/s1. The summed E-state index contributed by atoms with van der Waals surface area (Å²) in [5.41, 5.74) is -0.986. The maximum Gasteiger partial charge on any atom is 0.416 e. The van der Waals surface area contributed by atoms with Crippen LogP contribution in [0.25, 0.3) is 0 Å². The second kappa shape index (κ2) is 11.1. The Hall–Kier alpha value is -3.45. The molecule has 0 aliphatic heterocycles. The predicted molar refractivity (Wildman–Crippen MR) is 123 cm³/mol. The number of halogens is 3. The minimum atomic E-state index is -4.60. The van der Waals surface area contributed by atoms with Crippen LogP contribution in [0.15, 0.2) is 53.4 Å². The molecule has 1 saturated carbocycles. The molecule has 36 heavy (non-hydrogen) atoms. The summed E-state index contributed by atoms with van der Waals surface area (Å²) in [7, 11) is -3.89. The van der Waals surface area contributed by atoms with Crippen molar-refractivity contribution in [3.8, 4) is 0 Å². The summed E-state index contributed by atoms with van der Waals surface area (Å²) >= 11 is 0. The smallest absolute Gasteiger partial charge is 0.350 e. The predicted octanol–water partition coefficient (Wildman–Crippen LogP) is 1.94. The molecule has 2 aromatic carbocycles. The van der Waals surface area contributed by atoms with Gasteiger partial charge in [-0.05, 0) is 55.3 Å². The van der Waals surface area contributed by atoms with Crippen molar-refractivity contribution in [2.75, 3.05) is 6.54 Å². The number of benzene rings is 2. The van der Waals surface area contributed by atoms with Gasteiger partial charge in [-0.1, -0.05) is 18.9 Å². The number of hydrogen-bond acceptors (Lipinski definition) is 5. The van der Waals surface area contributed by atoms with Gasteiger partial charge in [0.1, 0.15) is 0 Å². The largest absolute Gasteiger partial charge is 0.416 e. The zero-order valence-corrected chi connectivity index (χ0v) is 19.8. The van der Waals surface area contributed by atoms with Crippen LogP contribution in [-0.4, -0.2) is 44.8 Å². The van der Waals surface area contributed by atoms with Crippen molar-refractivity contribution in [2.45, 2.75) is 48.8 Å². The average molecular weight is 527 g/mol. The molecule has 0 heterocycles. The van der Waals surface area contributed by atoms with Gasteiger partial charge in [-0.2, -0.15) is 13.2 Å². The fourth-order valence-corrected chi connectivity index (χ4v) is 4.40.